The van der Waals surface area contributed by atoms with Gasteiger partial charge in [-0.25, -0.2) is 13.8 Å². The molecule has 0 spiro atoms. The summed E-state index contributed by atoms with van der Waals surface area (Å²) in [5.74, 6) is -1.13. The second kappa shape index (κ2) is 5.58. The lowest BCUT2D eigenvalue weighted by atomic mass is 10.2. The minimum atomic E-state index is -0.570. The van der Waals surface area contributed by atoms with Crippen LogP contribution in [-0.4, -0.2) is 16.6 Å². The third-order valence-electron chi connectivity index (χ3n) is 2.52. The van der Waals surface area contributed by atoms with Gasteiger partial charge in [-0.2, -0.15) is 0 Å². The molecule has 0 fully saturated rings. The number of halogens is 3. The number of aromatic nitrogens is 2. The molecule has 1 aromatic heterocycles. The van der Waals surface area contributed by atoms with Crippen molar-refractivity contribution in [1.82, 2.24) is 14.9 Å². The summed E-state index contributed by atoms with van der Waals surface area (Å²) in [7, 11) is 1.81. The average molecular weight is 316 g/mol. The van der Waals surface area contributed by atoms with Crippen LogP contribution >= 0.6 is 15.9 Å². The standard InChI is InChI=1S/C12H12BrF2N3/c1-16-4-8-5-18(7-17-8)6-9-11(14)3-2-10(13)12(9)15/h2-3,5,7,16H,4,6H2,1H3. The van der Waals surface area contributed by atoms with Gasteiger partial charge in [-0.05, 0) is 35.1 Å². The van der Waals surface area contributed by atoms with E-state index >= 15 is 0 Å². The molecule has 18 heavy (non-hydrogen) atoms. The van der Waals surface area contributed by atoms with Crippen LogP contribution in [0.3, 0.4) is 0 Å². The second-order valence-electron chi connectivity index (χ2n) is 3.89. The molecule has 0 aliphatic rings. The van der Waals surface area contributed by atoms with Crippen molar-refractivity contribution in [2.24, 2.45) is 0 Å². The van der Waals surface area contributed by atoms with Crippen molar-refractivity contribution in [3.05, 3.63) is 52.0 Å². The molecule has 0 radical (unpaired) electrons. The summed E-state index contributed by atoms with van der Waals surface area (Å²) >= 11 is 3.05. The van der Waals surface area contributed by atoms with E-state index in [4.69, 9.17) is 0 Å². The predicted octanol–water partition coefficient (Wildman–Crippen LogP) is 2.69. The second-order valence-corrected chi connectivity index (χ2v) is 4.74. The maximum atomic E-state index is 13.8. The SMILES string of the molecule is CNCc1cn(Cc2c(F)ccc(Br)c2F)cn1. The van der Waals surface area contributed by atoms with Crippen molar-refractivity contribution in [3.63, 3.8) is 0 Å². The van der Waals surface area contributed by atoms with Gasteiger partial charge in [0.25, 0.3) is 0 Å². The fourth-order valence-electron chi connectivity index (χ4n) is 1.66. The van der Waals surface area contributed by atoms with Crippen molar-refractivity contribution in [1.29, 1.82) is 0 Å². The number of imidazole rings is 1. The Labute approximate surface area is 112 Å². The van der Waals surface area contributed by atoms with Crippen LogP contribution in [0.15, 0.2) is 29.1 Å². The van der Waals surface area contributed by atoms with E-state index in [1.54, 1.807) is 17.1 Å². The van der Waals surface area contributed by atoms with Gasteiger partial charge in [-0.15, -0.1) is 0 Å². The van der Waals surface area contributed by atoms with Crippen LogP contribution in [0.4, 0.5) is 8.78 Å². The first-order valence-corrected chi connectivity index (χ1v) is 6.18. The van der Waals surface area contributed by atoms with Gasteiger partial charge >= 0.3 is 0 Å². The third kappa shape index (κ3) is 2.76. The minimum Gasteiger partial charge on any atom is -0.333 e. The molecule has 0 saturated heterocycles. The van der Waals surface area contributed by atoms with Crippen LogP contribution in [0.5, 0.6) is 0 Å². The van der Waals surface area contributed by atoms with Gasteiger partial charge < -0.3 is 9.88 Å². The number of benzene rings is 1. The molecule has 96 valence electrons. The highest BCUT2D eigenvalue weighted by Crippen LogP contribution is 2.22. The molecule has 1 aromatic carbocycles. The molecule has 0 amide bonds. The van der Waals surface area contributed by atoms with Crippen molar-refractivity contribution in [3.8, 4) is 0 Å². The van der Waals surface area contributed by atoms with E-state index in [1.165, 1.54) is 12.1 Å². The van der Waals surface area contributed by atoms with Crippen molar-refractivity contribution in [2.75, 3.05) is 7.05 Å². The van der Waals surface area contributed by atoms with E-state index in [0.29, 0.717) is 6.54 Å². The molecule has 0 unspecified atom stereocenters. The van der Waals surface area contributed by atoms with Gasteiger partial charge in [0.15, 0.2) is 0 Å². The quantitative estimate of drug-likeness (QED) is 0.879. The van der Waals surface area contributed by atoms with Gasteiger partial charge in [-0.1, -0.05) is 0 Å². The van der Waals surface area contributed by atoms with Crippen LogP contribution < -0.4 is 5.32 Å². The van der Waals surface area contributed by atoms with Crippen molar-refractivity contribution in [2.45, 2.75) is 13.1 Å². The summed E-state index contributed by atoms with van der Waals surface area (Å²) < 4.78 is 29.2. The molecule has 0 aliphatic heterocycles. The first-order valence-electron chi connectivity index (χ1n) is 5.39. The number of rotatable bonds is 4. The Bertz CT molecular complexity index is 554. The molecule has 1 N–H and O–H groups in total. The van der Waals surface area contributed by atoms with E-state index in [2.05, 4.69) is 26.2 Å². The van der Waals surface area contributed by atoms with Crippen molar-refractivity contribution < 1.29 is 8.78 Å². The van der Waals surface area contributed by atoms with Gasteiger partial charge in [0, 0.05) is 18.3 Å². The Morgan fingerprint density at radius 3 is 2.89 bits per heavy atom. The van der Waals surface area contributed by atoms with Gasteiger partial charge in [-0.3, -0.25) is 0 Å². The molecular formula is C12H12BrF2N3. The lowest BCUT2D eigenvalue weighted by Crippen LogP contribution is -2.06. The number of hydrogen-bond acceptors (Lipinski definition) is 2. The van der Waals surface area contributed by atoms with E-state index in [1.807, 2.05) is 7.05 Å². The fourth-order valence-corrected chi connectivity index (χ4v) is 2.03. The first-order chi connectivity index (χ1) is 8.61. The first kappa shape index (κ1) is 13.2. The molecule has 0 aliphatic carbocycles. The predicted molar refractivity (Wildman–Crippen MR) is 68.2 cm³/mol. The molecule has 2 aromatic rings. The smallest absolute Gasteiger partial charge is 0.145 e. The summed E-state index contributed by atoms with van der Waals surface area (Å²) in [5, 5.41) is 2.96. The van der Waals surface area contributed by atoms with Crippen LogP contribution in [0.2, 0.25) is 0 Å². The highest BCUT2D eigenvalue weighted by molar-refractivity contribution is 9.10. The maximum Gasteiger partial charge on any atom is 0.145 e. The molecule has 0 bridgehead atoms. The Morgan fingerprint density at radius 1 is 1.39 bits per heavy atom. The third-order valence-corrected chi connectivity index (χ3v) is 3.14. The number of hydrogen-bond donors (Lipinski definition) is 1. The van der Waals surface area contributed by atoms with E-state index in [-0.39, 0.29) is 16.6 Å². The summed E-state index contributed by atoms with van der Waals surface area (Å²) in [6.45, 7) is 0.740. The van der Waals surface area contributed by atoms with Gasteiger partial charge in [0.1, 0.15) is 11.6 Å². The van der Waals surface area contributed by atoms with Gasteiger partial charge in [0.05, 0.1) is 23.0 Å². The summed E-state index contributed by atoms with van der Waals surface area (Å²) in [5.41, 5.74) is 0.853. The largest absolute Gasteiger partial charge is 0.333 e. The fraction of sp³-hybridized carbons (Fsp3) is 0.250. The highest BCUT2D eigenvalue weighted by Gasteiger charge is 2.12. The van der Waals surface area contributed by atoms with Crippen LogP contribution in [0, 0.1) is 11.6 Å². The molecule has 0 atom stereocenters. The topological polar surface area (TPSA) is 29.9 Å². The average Bonchev–Trinajstić information content (AvgIpc) is 2.78. The Balaban J connectivity index is 2.25. The molecule has 0 saturated carbocycles. The van der Waals surface area contributed by atoms with Gasteiger partial charge in [0.2, 0.25) is 0 Å². The monoisotopic (exact) mass is 315 g/mol. The molecule has 3 nitrogen and oxygen atoms in total. The van der Waals surface area contributed by atoms with Crippen LogP contribution in [-0.2, 0) is 13.1 Å². The normalized spacial score (nSPS) is 10.9. The lowest BCUT2D eigenvalue weighted by Gasteiger charge is -2.07. The van der Waals surface area contributed by atoms with Crippen LogP contribution in [0.25, 0.3) is 0 Å². The molecule has 2 rings (SSSR count). The number of nitrogens with one attached hydrogen (secondary N) is 1. The molecule has 6 heteroatoms. The lowest BCUT2D eigenvalue weighted by molar-refractivity contribution is 0.540. The zero-order chi connectivity index (χ0) is 13.1. The highest BCUT2D eigenvalue weighted by atomic mass is 79.9. The molecular weight excluding hydrogens is 304 g/mol. The Morgan fingerprint density at radius 2 is 2.17 bits per heavy atom. The molecule has 1 heterocycles. The number of nitrogens with zero attached hydrogens (tertiary/aromatic N) is 2. The summed E-state index contributed by atoms with van der Waals surface area (Å²) in [6, 6.07) is 2.60. The minimum absolute atomic E-state index is 0.0257. The Kier molecular flexibility index (Phi) is 4.08. The summed E-state index contributed by atoms with van der Waals surface area (Å²) in [4.78, 5) is 4.13. The van der Waals surface area contributed by atoms with E-state index in [0.717, 1.165) is 5.69 Å². The van der Waals surface area contributed by atoms with E-state index in [9.17, 15) is 8.78 Å². The maximum absolute atomic E-state index is 13.8. The van der Waals surface area contributed by atoms with Crippen molar-refractivity contribution >= 4 is 15.9 Å². The zero-order valence-electron chi connectivity index (χ0n) is 9.75. The summed E-state index contributed by atoms with van der Waals surface area (Å²) in [6.07, 6.45) is 3.32. The Hall–Kier alpha value is -1.27. The zero-order valence-corrected chi connectivity index (χ0v) is 11.3. The van der Waals surface area contributed by atoms with E-state index < -0.39 is 11.6 Å². The van der Waals surface area contributed by atoms with Crippen LogP contribution in [0.1, 0.15) is 11.3 Å².